The van der Waals surface area contributed by atoms with Crippen molar-refractivity contribution in [2.45, 2.75) is 19.8 Å². The van der Waals surface area contributed by atoms with Gasteiger partial charge in [0, 0.05) is 23.6 Å². The fraction of sp³-hybridized carbons (Fsp3) is 0.800. The third-order valence-electron chi connectivity index (χ3n) is 0.807. The molecule has 0 heterocycles. The first-order valence-corrected chi connectivity index (χ1v) is 3.59. The van der Waals surface area contributed by atoms with Crippen LogP contribution in [0.5, 0.6) is 0 Å². The molecular weight excluding hydrogens is 202 g/mol. The molecular formula is C5H11CuNS2. The Kier molecular flexibility index (Phi) is 12.1. The molecule has 0 aromatic heterocycles. The number of thiol groups is 1. The molecule has 0 aliphatic carbocycles. The Morgan fingerprint density at radius 1 is 1.67 bits per heavy atom. The standard InChI is InChI=1S/C5H11NS2.Cu/c1-2-3-4-6-5(7)8;/h2-4H2,1H3,(H2,6,7,8);. The molecule has 1 nitrogen and oxygen atoms in total. The van der Waals surface area contributed by atoms with E-state index in [1.165, 1.54) is 12.8 Å². The number of nitrogens with one attached hydrogen (secondary N) is 1. The van der Waals surface area contributed by atoms with Gasteiger partial charge >= 0.3 is 0 Å². The minimum absolute atomic E-state index is 0. The smallest absolute Gasteiger partial charge is 0.130 e. The molecule has 59 valence electrons. The Morgan fingerprint density at radius 3 is 2.56 bits per heavy atom. The molecule has 0 bridgehead atoms. The second kappa shape index (κ2) is 8.76. The van der Waals surface area contributed by atoms with E-state index < -0.39 is 0 Å². The van der Waals surface area contributed by atoms with Crippen LogP contribution in [0.2, 0.25) is 0 Å². The predicted molar refractivity (Wildman–Crippen MR) is 44.5 cm³/mol. The van der Waals surface area contributed by atoms with E-state index in [2.05, 4.69) is 37.1 Å². The van der Waals surface area contributed by atoms with E-state index in [4.69, 9.17) is 0 Å². The van der Waals surface area contributed by atoms with Crippen LogP contribution in [0.15, 0.2) is 0 Å². The van der Waals surface area contributed by atoms with Crippen LogP contribution in [0.4, 0.5) is 0 Å². The summed E-state index contributed by atoms with van der Waals surface area (Å²) in [6.45, 7) is 3.10. The topological polar surface area (TPSA) is 12.0 Å². The molecule has 9 heavy (non-hydrogen) atoms. The van der Waals surface area contributed by atoms with Crippen molar-refractivity contribution in [1.82, 2.24) is 5.32 Å². The molecule has 0 saturated heterocycles. The Labute approximate surface area is 77.9 Å². The number of thiocarbonyl (C=S) groups is 1. The van der Waals surface area contributed by atoms with Gasteiger partial charge in [-0.15, -0.1) is 12.6 Å². The van der Waals surface area contributed by atoms with E-state index in [1.54, 1.807) is 0 Å². The van der Waals surface area contributed by atoms with E-state index in [0.29, 0.717) is 4.32 Å². The molecule has 0 fully saturated rings. The average Bonchev–Trinajstić information content (AvgIpc) is 1.66. The van der Waals surface area contributed by atoms with Gasteiger partial charge in [0.15, 0.2) is 0 Å². The second-order valence-electron chi connectivity index (χ2n) is 1.59. The molecule has 0 aliphatic rings. The Morgan fingerprint density at radius 2 is 2.22 bits per heavy atom. The van der Waals surface area contributed by atoms with Gasteiger partial charge in [0.05, 0.1) is 0 Å². The van der Waals surface area contributed by atoms with Crippen LogP contribution in [0.1, 0.15) is 19.8 Å². The van der Waals surface area contributed by atoms with Crippen LogP contribution in [0.3, 0.4) is 0 Å². The predicted octanol–water partition coefficient (Wildman–Crippen LogP) is 1.59. The molecule has 1 N–H and O–H groups in total. The summed E-state index contributed by atoms with van der Waals surface area (Å²) in [6, 6.07) is 0. The molecule has 0 aromatic rings. The van der Waals surface area contributed by atoms with Crippen LogP contribution >= 0.6 is 24.8 Å². The van der Waals surface area contributed by atoms with Gasteiger partial charge in [-0.2, -0.15) is 0 Å². The molecule has 0 atom stereocenters. The van der Waals surface area contributed by atoms with Gasteiger partial charge in [-0.3, -0.25) is 0 Å². The zero-order valence-corrected chi connectivity index (χ0v) is 7.93. The van der Waals surface area contributed by atoms with Crippen LogP contribution in [-0.2, 0) is 17.1 Å². The van der Waals surface area contributed by atoms with Crippen molar-refractivity contribution < 1.29 is 17.1 Å². The SMILES string of the molecule is CCCCNC(=S)S.[Cu]. The van der Waals surface area contributed by atoms with Crippen molar-refractivity contribution >= 4 is 29.2 Å². The Hall–Kier alpha value is 0.759. The first kappa shape index (κ1) is 12.4. The van der Waals surface area contributed by atoms with Gasteiger partial charge in [-0.1, -0.05) is 25.6 Å². The molecule has 0 saturated carbocycles. The molecule has 4 heteroatoms. The fourth-order valence-corrected chi connectivity index (χ4v) is 0.586. The van der Waals surface area contributed by atoms with E-state index >= 15 is 0 Å². The van der Waals surface area contributed by atoms with Crippen LogP contribution in [0.25, 0.3) is 0 Å². The molecule has 0 unspecified atom stereocenters. The van der Waals surface area contributed by atoms with Gasteiger partial charge in [-0.05, 0) is 6.42 Å². The van der Waals surface area contributed by atoms with Crippen LogP contribution in [0, 0.1) is 0 Å². The average molecular weight is 213 g/mol. The first-order chi connectivity index (χ1) is 3.77. The summed E-state index contributed by atoms with van der Waals surface area (Å²) in [6.07, 6.45) is 2.37. The van der Waals surface area contributed by atoms with Crippen molar-refractivity contribution in [3.05, 3.63) is 0 Å². The van der Waals surface area contributed by atoms with Crippen molar-refractivity contribution in [3.63, 3.8) is 0 Å². The minimum Gasteiger partial charge on any atom is -0.371 e. The summed E-state index contributed by atoms with van der Waals surface area (Å²) < 4.78 is 0.596. The van der Waals surface area contributed by atoms with E-state index in [1.807, 2.05) is 0 Å². The maximum Gasteiger partial charge on any atom is 0.130 e. The first-order valence-electron chi connectivity index (χ1n) is 2.74. The second-order valence-corrected chi connectivity index (χ2v) is 2.74. The molecule has 0 aliphatic heterocycles. The van der Waals surface area contributed by atoms with Gasteiger partial charge in [0.2, 0.25) is 0 Å². The van der Waals surface area contributed by atoms with Gasteiger partial charge in [-0.25, -0.2) is 0 Å². The number of unbranched alkanes of at least 4 members (excludes halogenated alkanes) is 1. The quantitative estimate of drug-likeness (QED) is 0.319. The van der Waals surface area contributed by atoms with E-state index in [-0.39, 0.29) is 17.1 Å². The Bertz CT molecular complexity index is 77.4. The van der Waals surface area contributed by atoms with Crippen molar-refractivity contribution in [2.75, 3.05) is 6.54 Å². The number of rotatable bonds is 3. The van der Waals surface area contributed by atoms with Crippen molar-refractivity contribution in [3.8, 4) is 0 Å². The van der Waals surface area contributed by atoms with Crippen molar-refractivity contribution in [2.24, 2.45) is 0 Å². The van der Waals surface area contributed by atoms with Crippen LogP contribution < -0.4 is 5.32 Å². The summed E-state index contributed by atoms with van der Waals surface area (Å²) in [5.74, 6) is 0. The van der Waals surface area contributed by atoms with Gasteiger partial charge in [0.25, 0.3) is 0 Å². The maximum absolute atomic E-state index is 4.66. The van der Waals surface area contributed by atoms with E-state index in [9.17, 15) is 0 Å². The van der Waals surface area contributed by atoms with E-state index in [0.717, 1.165) is 6.54 Å². The molecule has 0 rings (SSSR count). The van der Waals surface area contributed by atoms with Crippen molar-refractivity contribution in [1.29, 1.82) is 0 Å². The monoisotopic (exact) mass is 212 g/mol. The normalized spacial score (nSPS) is 7.78. The summed E-state index contributed by atoms with van der Waals surface area (Å²) in [5.41, 5.74) is 0. The minimum atomic E-state index is 0. The van der Waals surface area contributed by atoms with Gasteiger partial charge < -0.3 is 5.32 Å². The molecule has 0 amide bonds. The zero-order chi connectivity index (χ0) is 6.41. The number of hydrogen-bond donors (Lipinski definition) is 2. The summed E-state index contributed by atoms with van der Waals surface area (Å²) in [7, 11) is 0. The molecule has 0 spiro atoms. The largest absolute Gasteiger partial charge is 0.371 e. The summed E-state index contributed by atoms with van der Waals surface area (Å²) in [4.78, 5) is 0. The molecule has 0 aromatic carbocycles. The number of hydrogen-bond acceptors (Lipinski definition) is 1. The van der Waals surface area contributed by atoms with Crippen LogP contribution in [-0.4, -0.2) is 10.9 Å². The third-order valence-corrected chi connectivity index (χ3v) is 1.11. The Balaban J connectivity index is 0. The third kappa shape index (κ3) is 12.1. The fourth-order valence-electron chi connectivity index (χ4n) is 0.372. The van der Waals surface area contributed by atoms with Gasteiger partial charge in [0.1, 0.15) is 4.32 Å². The maximum atomic E-state index is 4.66. The summed E-state index contributed by atoms with van der Waals surface area (Å²) in [5, 5.41) is 2.94. The molecule has 1 radical (unpaired) electrons. The summed E-state index contributed by atoms with van der Waals surface area (Å²) >= 11 is 8.55. The zero-order valence-electron chi connectivity index (χ0n) is 5.28.